The number of hydrogen-bond donors (Lipinski definition) is 2. The van der Waals surface area contributed by atoms with Crippen molar-refractivity contribution in [2.45, 2.75) is 26.4 Å². The summed E-state index contributed by atoms with van der Waals surface area (Å²) in [6, 6.07) is 9.14. The lowest BCUT2D eigenvalue weighted by Crippen LogP contribution is -2.38. The van der Waals surface area contributed by atoms with Gasteiger partial charge in [-0.2, -0.15) is 0 Å². The van der Waals surface area contributed by atoms with Crippen LogP contribution in [0.3, 0.4) is 0 Å². The average molecular weight is 442 g/mol. The van der Waals surface area contributed by atoms with Gasteiger partial charge in [-0.05, 0) is 63.0 Å². The van der Waals surface area contributed by atoms with E-state index >= 15 is 0 Å². The van der Waals surface area contributed by atoms with E-state index in [0.717, 1.165) is 31.5 Å². The Hall–Kier alpha value is -2.02. The Morgan fingerprint density at radius 2 is 2.10 bits per heavy atom. The molecule has 29 heavy (non-hydrogen) atoms. The fourth-order valence-corrected chi connectivity index (χ4v) is 3.12. The fraction of sp³-hybridized carbons (Fsp3) is 0.429. The summed E-state index contributed by atoms with van der Waals surface area (Å²) in [5.41, 5.74) is 1.55. The van der Waals surface area contributed by atoms with Crippen LogP contribution >= 0.6 is 24.8 Å². The standard InChI is InChI=1S/C21H27N3O3.2ClH/c1-2-26-20-11-18(21(25)24-14-16-5-3-9-22-12-16)7-8-19(20)27-15-17-6-4-10-23-13-17;;/h4,6-8,10-11,13,16,22H,2-3,5,9,12,14-15H2,1H3,(H,24,25);2*1H. The van der Waals surface area contributed by atoms with Crippen LogP contribution < -0.4 is 20.1 Å². The topological polar surface area (TPSA) is 72.5 Å². The van der Waals surface area contributed by atoms with Gasteiger partial charge >= 0.3 is 0 Å². The van der Waals surface area contributed by atoms with Gasteiger partial charge in [0.05, 0.1) is 6.61 Å². The summed E-state index contributed by atoms with van der Waals surface area (Å²) in [5.74, 6) is 1.61. The zero-order valence-electron chi connectivity index (χ0n) is 16.6. The largest absolute Gasteiger partial charge is 0.490 e. The van der Waals surface area contributed by atoms with Crippen LogP contribution in [0.4, 0.5) is 0 Å². The summed E-state index contributed by atoms with van der Waals surface area (Å²) in [7, 11) is 0. The van der Waals surface area contributed by atoms with Crippen molar-refractivity contribution in [1.82, 2.24) is 15.6 Å². The number of nitrogens with one attached hydrogen (secondary N) is 2. The molecule has 3 rings (SSSR count). The van der Waals surface area contributed by atoms with Gasteiger partial charge in [0.25, 0.3) is 5.91 Å². The maximum absolute atomic E-state index is 12.5. The zero-order chi connectivity index (χ0) is 18.9. The van der Waals surface area contributed by atoms with E-state index in [2.05, 4.69) is 15.6 Å². The van der Waals surface area contributed by atoms with Crippen LogP contribution in [0, 0.1) is 5.92 Å². The Bertz CT molecular complexity index is 741. The minimum absolute atomic E-state index is 0. The molecule has 2 aromatic rings. The molecule has 160 valence electrons. The number of carbonyl (C=O) groups excluding carboxylic acids is 1. The molecule has 1 aromatic carbocycles. The molecule has 0 bridgehead atoms. The number of rotatable bonds is 8. The number of ether oxygens (including phenoxy) is 2. The van der Waals surface area contributed by atoms with Gasteiger partial charge in [0.15, 0.2) is 11.5 Å². The maximum atomic E-state index is 12.5. The van der Waals surface area contributed by atoms with E-state index in [4.69, 9.17) is 9.47 Å². The number of amides is 1. The van der Waals surface area contributed by atoms with E-state index in [0.29, 0.717) is 42.7 Å². The zero-order valence-corrected chi connectivity index (χ0v) is 18.2. The first-order valence-electron chi connectivity index (χ1n) is 9.53. The molecule has 1 amide bonds. The Labute approximate surface area is 184 Å². The van der Waals surface area contributed by atoms with Gasteiger partial charge in [-0.3, -0.25) is 9.78 Å². The first-order chi connectivity index (χ1) is 13.3. The van der Waals surface area contributed by atoms with Crippen LogP contribution in [0.5, 0.6) is 11.5 Å². The predicted octanol–water partition coefficient (Wildman–Crippen LogP) is 3.63. The Balaban J connectivity index is 0.00000210. The molecule has 2 heterocycles. The van der Waals surface area contributed by atoms with Crippen molar-refractivity contribution in [2.24, 2.45) is 5.92 Å². The number of piperidine rings is 1. The van der Waals surface area contributed by atoms with Crippen molar-refractivity contribution in [3.8, 4) is 11.5 Å². The summed E-state index contributed by atoms with van der Waals surface area (Å²) >= 11 is 0. The molecule has 1 aliphatic rings. The highest BCUT2D eigenvalue weighted by molar-refractivity contribution is 5.94. The normalized spacial score (nSPS) is 15.4. The third kappa shape index (κ3) is 7.72. The van der Waals surface area contributed by atoms with Gasteiger partial charge < -0.3 is 20.1 Å². The van der Waals surface area contributed by atoms with Gasteiger partial charge in [-0.15, -0.1) is 24.8 Å². The molecule has 6 nitrogen and oxygen atoms in total. The molecule has 0 saturated carbocycles. The lowest BCUT2D eigenvalue weighted by atomic mass is 9.99. The van der Waals surface area contributed by atoms with E-state index in [1.54, 1.807) is 30.6 Å². The smallest absolute Gasteiger partial charge is 0.251 e. The highest BCUT2D eigenvalue weighted by Gasteiger charge is 2.16. The quantitative estimate of drug-likeness (QED) is 0.653. The van der Waals surface area contributed by atoms with Crippen LogP contribution in [0.2, 0.25) is 0 Å². The van der Waals surface area contributed by atoms with E-state index in [9.17, 15) is 4.79 Å². The summed E-state index contributed by atoms with van der Waals surface area (Å²) < 4.78 is 11.5. The van der Waals surface area contributed by atoms with Gasteiger partial charge in [-0.1, -0.05) is 6.07 Å². The molecule has 1 aromatic heterocycles. The van der Waals surface area contributed by atoms with Gasteiger partial charge in [-0.25, -0.2) is 0 Å². The number of pyridine rings is 1. The van der Waals surface area contributed by atoms with E-state index in [1.807, 2.05) is 19.1 Å². The van der Waals surface area contributed by atoms with Crippen molar-refractivity contribution < 1.29 is 14.3 Å². The van der Waals surface area contributed by atoms with Gasteiger partial charge in [0, 0.05) is 30.1 Å². The summed E-state index contributed by atoms with van der Waals surface area (Å²) in [4.78, 5) is 16.6. The van der Waals surface area contributed by atoms with Crippen LogP contribution in [0.15, 0.2) is 42.7 Å². The maximum Gasteiger partial charge on any atom is 0.251 e. The Morgan fingerprint density at radius 3 is 2.79 bits per heavy atom. The molecule has 1 atom stereocenters. The van der Waals surface area contributed by atoms with Crippen molar-refractivity contribution in [3.63, 3.8) is 0 Å². The van der Waals surface area contributed by atoms with Gasteiger partial charge in [0.2, 0.25) is 0 Å². The fourth-order valence-electron chi connectivity index (χ4n) is 3.12. The second kappa shape index (κ2) is 13.2. The molecular formula is C21H29Cl2N3O3. The number of carbonyl (C=O) groups is 1. The van der Waals surface area contributed by atoms with Crippen molar-refractivity contribution >= 4 is 30.7 Å². The minimum Gasteiger partial charge on any atom is -0.490 e. The van der Waals surface area contributed by atoms with Crippen LogP contribution in [-0.4, -0.2) is 37.1 Å². The molecule has 0 radical (unpaired) electrons. The number of nitrogens with zero attached hydrogens (tertiary/aromatic N) is 1. The number of aromatic nitrogens is 1. The molecule has 8 heteroatoms. The van der Waals surface area contributed by atoms with E-state index in [1.165, 1.54) is 0 Å². The van der Waals surface area contributed by atoms with E-state index in [-0.39, 0.29) is 30.7 Å². The molecule has 1 fully saturated rings. The molecule has 1 unspecified atom stereocenters. The number of halogens is 2. The third-order valence-electron chi connectivity index (χ3n) is 4.57. The van der Waals surface area contributed by atoms with Crippen LogP contribution in [0.1, 0.15) is 35.7 Å². The summed E-state index contributed by atoms with van der Waals surface area (Å²) in [6.07, 6.45) is 5.81. The highest BCUT2D eigenvalue weighted by atomic mass is 35.5. The van der Waals surface area contributed by atoms with Crippen LogP contribution in [0.25, 0.3) is 0 Å². The van der Waals surface area contributed by atoms with Gasteiger partial charge in [0.1, 0.15) is 6.61 Å². The molecule has 1 aliphatic heterocycles. The molecule has 0 aliphatic carbocycles. The third-order valence-corrected chi connectivity index (χ3v) is 4.57. The highest BCUT2D eigenvalue weighted by Crippen LogP contribution is 2.29. The monoisotopic (exact) mass is 441 g/mol. The van der Waals surface area contributed by atoms with Crippen LogP contribution in [-0.2, 0) is 6.61 Å². The Kier molecular flexibility index (Phi) is 11.4. The SMILES string of the molecule is CCOc1cc(C(=O)NCC2CCCNC2)ccc1OCc1cccnc1.Cl.Cl. The number of hydrogen-bond acceptors (Lipinski definition) is 5. The van der Waals surface area contributed by atoms with Crippen molar-refractivity contribution in [2.75, 3.05) is 26.2 Å². The second-order valence-electron chi connectivity index (χ2n) is 6.67. The molecular weight excluding hydrogens is 413 g/mol. The number of benzene rings is 1. The summed E-state index contributed by atoms with van der Waals surface area (Å²) in [6.45, 7) is 5.53. The van der Waals surface area contributed by atoms with E-state index < -0.39 is 0 Å². The molecule has 0 spiro atoms. The average Bonchev–Trinajstić information content (AvgIpc) is 2.73. The first-order valence-corrected chi connectivity index (χ1v) is 9.53. The lowest BCUT2D eigenvalue weighted by Gasteiger charge is -2.23. The summed E-state index contributed by atoms with van der Waals surface area (Å²) in [5, 5.41) is 6.40. The Morgan fingerprint density at radius 1 is 1.24 bits per heavy atom. The molecule has 2 N–H and O–H groups in total. The minimum atomic E-state index is -0.0830. The lowest BCUT2D eigenvalue weighted by molar-refractivity contribution is 0.0944. The molecule has 1 saturated heterocycles. The van der Waals surface area contributed by atoms with Crippen molar-refractivity contribution in [1.29, 1.82) is 0 Å². The second-order valence-corrected chi connectivity index (χ2v) is 6.67. The van der Waals surface area contributed by atoms with Crippen molar-refractivity contribution in [3.05, 3.63) is 53.9 Å². The predicted molar refractivity (Wildman–Crippen MR) is 119 cm³/mol. The first kappa shape index (κ1) is 25.0.